The summed E-state index contributed by atoms with van der Waals surface area (Å²) < 4.78 is 3.00. The number of nitrogens with zero attached hydrogens (tertiary/aromatic N) is 2. The van der Waals surface area contributed by atoms with Crippen LogP contribution in [0.3, 0.4) is 0 Å². The lowest BCUT2D eigenvalue weighted by molar-refractivity contribution is -0.0860. The summed E-state index contributed by atoms with van der Waals surface area (Å²) >= 11 is 3.68. The van der Waals surface area contributed by atoms with Crippen LogP contribution in [0.15, 0.2) is 4.47 Å². The Morgan fingerprint density at radius 1 is 1.14 bits per heavy atom. The molecule has 1 fully saturated rings. The Kier molecular flexibility index (Phi) is 4.36. The molecule has 1 aromatic rings. The number of aryl methyl sites for hydroxylation is 2. The molecule has 4 heteroatoms. The van der Waals surface area contributed by atoms with E-state index in [1.54, 1.807) is 0 Å². The van der Waals surface area contributed by atoms with Crippen LogP contribution in [0.2, 0.25) is 0 Å². The van der Waals surface area contributed by atoms with Gasteiger partial charge in [-0.1, -0.05) is 34.6 Å². The van der Waals surface area contributed by atoms with E-state index < -0.39 is 5.60 Å². The van der Waals surface area contributed by atoms with E-state index in [2.05, 4.69) is 55.6 Å². The van der Waals surface area contributed by atoms with Gasteiger partial charge in [0.25, 0.3) is 0 Å². The zero-order chi connectivity index (χ0) is 16.1. The molecule has 1 aliphatic carbocycles. The van der Waals surface area contributed by atoms with Crippen LogP contribution in [0.4, 0.5) is 0 Å². The first-order valence-corrected chi connectivity index (χ1v) is 8.69. The fraction of sp³-hybridized carbons (Fsp3) is 0.824. The van der Waals surface area contributed by atoms with Gasteiger partial charge in [-0.15, -0.1) is 0 Å². The van der Waals surface area contributed by atoms with Gasteiger partial charge in [-0.2, -0.15) is 5.10 Å². The zero-order valence-corrected chi connectivity index (χ0v) is 15.8. The number of halogens is 1. The molecule has 3 nitrogen and oxygen atoms in total. The minimum atomic E-state index is -0.646. The molecule has 0 aliphatic heterocycles. The summed E-state index contributed by atoms with van der Waals surface area (Å²) in [5.41, 5.74) is 1.89. The molecule has 1 aliphatic rings. The predicted octanol–water partition coefficient (Wildman–Crippen LogP) is 4.25. The summed E-state index contributed by atoms with van der Waals surface area (Å²) in [6.07, 6.45) is 4.44. The smallest absolute Gasteiger partial charge is 0.0766 e. The van der Waals surface area contributed by atoms with E-state index in [0.29, 0.717) is 6.42 Å². The fourth-order valence-corrected chi connectivity index (χ4v) is 5.47. The lowest BCUT2D eigenvalue weighted by atomic mass is 9.59. The predicted molar refractivity (Wildman–Crippen MR) is 90.4 cm³/mol. The molecule has 2 rings (SSSR count). The number of rotatable bonds is 3. The van der Waals surface area contributed by atoms with Crippen molar-refractivity contribution in [1.82, 2.24) is 9.78 Å². The van der Waals surface area contributed by atoms with Crippen LogP contribution in [-0.4, -0.2) is 20.5 Å². The van der Waals surface area contributed by atoms with Gasteiger partial charge in [0.05, 0.1) is 21.5 Å². The maximum atomic E-state index is 11.3. The Labute approximate surface area is 137 Å². The van der Waals surface area contributed by atoms with Crippen molar-refractivity contribution in [2.75, 3.05) is 0 Å². The van der Waals surface area contributed by atoms with E-state index in [9.17, 15) is 5.11 Å². The second-order valence-corrected chi connectivity index (χ2v) is 9.24. The molecule has 0 unspecified atom stereocenters. The summed E-state index contributed by atoms with van der Waals surface area (Å²) in [6.45, 7) is 11.2. The highest BCUT2D eigenvalue weighted by Gasteiger charge is 2.47. The summed E-state index contributed by atoms with van der Waals surface area (Å²) in [7, 11) is 1.97. The summed E-state index contributed by atoms with van der Waals surface area (Å²) in [5, 5.41) is 15.8. The monoisotopic (exact) mass is 356 g/mol. The standard InChI is InChI=1S/C17H29BrN2O/c1-7-12-14(18)13(20(6)19-12)8-17(21)10-15(2,3)9-16(4,5)11-17/h21H,7-11H2,1-6H3. The Balaban J connectivity index is 2.31. The molecule has 1 N–H and O–H groups in total. The van der Waals surface area contributed by atoms with Crippen molar-refractivity contribution >= 4 is 15.9 Å². The van der Waals surface area contributed by atoms with Crippen LogP contribution in [0.5, 0.6) is 0 Å². The first-order chi connectivity index (χ1) is 9.47. The average molecular weight is 357 g/mol. The molecule has 0 aromatic carbocycles. The second kappa shape index (κ2) is 5.38. The molecule has 120 valence electrons. The summed E-state index contributed by atoms with van der Waals surface area (Å²) in [5.74, 6) is 0. The van der Waals surface area contributed by atoms with Crippen LogP contribution in [-0.2, 0) is 19.9 Å². The quantitative estimate of drug-likeness (QED) is 0.878. The molecule has 0 spiro atoms. The van der Waals surface area contributed by atoms with E-state index in [0.717, 1.165) is 41.5 Å². The number of hydrogen-bond acceptors (Lipinski definition) is 2. The van der Waals surface area contributed by atoms with Gasteiger partial charge in [-0.05, 0) is 52.4 Å². The highest BCUT2D eigenvalue weighted by Crippen LogP contribution is 2.51. The topological polar surface area (TPSA) is 38.0 Å². The largest absolute Gasteiger partial charge is 0.389 e. The first kappa shape index (κ1) is 17.0. The van der Waals surface area contributed by atoms with Crippen molar-refractivity contribution in [3.8, 4) is 0 Å². The van der Waals surface area contributed by atoms with Crippen molar-refractivity contribution < 1.29 is 5.11 Å². The highest BCUT2D eigenvalue weighted by atomic mass is 79.9. The highest BCUT2D eigenvalue weighted by molar-refractivity contribution is 9.10. The normalized spacial score (nSPS) is 23.2. The van der Waals surface area contributed by atoms with E-state index >= 15 is 0 Å². The van der Waals surface area contributed by atoms with Gasteiger partial charge in [-0.25, -0.2) is 0 Å². The third kappa shape index (κ3) is 3.70. The van der Waals surface area contributed by atoms with Crippen LogP contribution in [0.1, 0.15) is 65.3 Å². The molecule has 0 saturated heterocycles. The molecule has 0 radical (unpaired) electrons. The SMILES string of the molecule is CCc1nn(C)c(CC2(O)CC(C)(C)CC(C)(C)C2)c1Br. The van der Waals surface area contributed by atoms with Crippen LogP contribution >= 0.6 is 15.9 Å². The van der Waals surface area contributed by atoms with Gasteiger partial charge in [0.15, 0.2) is 0 Å². The Bertz CT molecular complexity index is 515. The molecule has 1 saturated carbocycles. The van der Waals surface area contributed by atoms with Gasteiger partial charge in [0, 0.05) is 13.5 Å². The van der Waals surface area contributed by atoms with E-state index in [1.807, 2.05) is 11.7 Å². The van der Waals surface area contributed by atoms with E-state index in [-0.39, 0.29) is 10.8 Å². The van der Waals surface area contributed by atoms with Crippen molar-refractivity contribution in [2.45, 2.75) is 72.3 Å². The van der Waals surface area contributed by atoms with Gasteiger partial charge in [-0.3, -0.25) is 4.68 Å². The van der Waals surface area contributed by atoms with Crippen molar-refractivity contribution in [2.24, 2.45) is 17.9 Å². The lowest BCUT2D eigenvalue weighted by Crippen LogP contribution is -2.47. The minimum Gasteiger partial charge on any atom is -0.389 e. The van der Waals surface area contributed by atoms with E-state index in [1.165, 1.54) is 0 Å². The lowest BCUT2D eigenvalue weighted by Gasteiger charge is -2.49. The first-order valence-electron chi connectivity index (χ1n) is 7.90. The summed E-state index contributed by atoms with van der Waals surface area (Å²) in [6, 6.07) is 0. The zero-order valence-electron chi connectivity index (χ0n) is 14.3. The molecule has 0 amide bonds. The molecule has 1 heterocycles. The van der Waals surface area contributed by atoms with Crippen molar-refractivity contribution in [3.05, 3.63) is 15.9 Å². The fourth-order valence-electron chi connectivity index (χ4n) is 4.71. The van der Waals surface area contributed by atoms with Gasteiger partial charge in [0.1, 0.15) is 0 Å². The van der Waals surface area contributed by atoms with Gasteiger partial charge < -0.3 is 5.11 Å². The summed E-state index contributed by atoms with van der Waals surface area (Å²) in [4.78, 5) is 0. The van der Waals surface area contributed by atoms with Crippen LogP contribution in [0, 0.1) is 10.8 Å². The third-order valence-corrected chi connectivity index (χ3v) is 5.49. The maximum Gasteiger partial charge on any atom is 0.0766 e. The Hall–Kier alpha value is -0.350. The number of hydrogen-bond donors (Lipinski definition) is 1. The molecular formula is C17H29BrN2O. The Morgan fingerprint density at radius 3 is 2.10 bits per heavy atom. The second-order valence-electron chi connectivity index (χ2n) is 8.44. The average Bonchev–Trinajstić information content (AvgIpc) is 2.51. The van der Waals surface area contributed by atoms with Gasteiger partial charge in [0.2, 0.25) is 0 Å². The molecule has 0 bridgehead atoms. The van der Waals surface area contributed by atoms with Crippen LogP contribution in [0.25, 0.3) is 0 Å². The van der Waals surface area contributed by atoms with E-state index in [4.69, 9.17) is 0 Å². The molecule has 21 heavy (non-hydrogen) atoms. The maximum absolute atomic E-state index is 11.3. The minimum absolute atomic E-state index is 0.176. The third-order valence-electron chi connectivity index (χ3n) is 4.57. The molecule has 1 aromatic heterocycles. The van der Waals surface area contributed by atoms with Crippen molar-refractivity contribution in [3.63, 3.8) is 0 Å². The van der Waals surface area contributed by atoms with Crippen molar-refractivity contribution in [1.29, 1.82) is 0 Å². The number of aliphatic hydroxyl groups is 1. The molecule has 0 atom stereocenters. The number of aromatic nitrogens is 2. The Morgan fingerprint density at radius 2 is 1.67 bits per heavy atom. The molecular weight excluding hydrogens is 328 g/mol. The van der Waals surface area contributed by atoms with Crippen LogP contribution < -0.4 is 0 Å². The van der Waals surface area contributed by atoms with Gasteiger partial charge >= 0.3 is 0 Å².